The molecule has 1 aromatic carbocycles. The SMILES string of the molecule is O=C(CN1CCN(C(=O)CSc2cccc[n+]2[O-])CC1)Nc1ccccc1C(F)(F)F. The van der Waals surface area contributed by atoms with Crippen molar-refractivity contribution in [3.05, 3.63) is 59.4 Å². The van der Waals surface area contributed by atoms with Crippen molar-refractivity contribution in [3.63, 3.8) is 0 Å². The van der Waals surface area contributed by atoms with E-state index in [1.54, 1.807) is 28.0 Å². The lowest BCUT2D eigenvalue weighted by atomic mass is 10.1. The Balaban J connectivity index is 1.45. The first-order valence-electron chi connectivity index (χ1n) is 9.51. The van der Waals surface area contributed by atoms with E-state index < -0.39 is 17.6 Å². The van der Waals surface area contributed by atoms with Crippen LogP contribution in [-0.2, 0) is 15.8 Å². The molecule has 2 aromatic rings. The van der Waals surface area contributed by atoms with Crippen LogP contribution >= 0.6 is 11.8 Å². The van der Waals surface area contributed by atoms with Gasteiger partial charge in [-0.2, -0.15) is 17.9 Å². The number of rotatable bonds is 6. The summed E-state index contributed by atoms with van der Waals surface area (Å²) in [5.41, 5.74) is -1.17. The molecule has 2 heterocycles. The highest BCUT2D eigenvalue weighted by Gasteiger charge is 2.33. The average molecular weight is 454 g/mol. The first-order chi connectivity index (χ1) is 14.7. The van der Waals surface area contributed by atoms with Crippen LogP contribution in [0, 0.1) is 5.21 Å². The number of nitrogens with zero attached hydrogens (tertiary/aromatic N) is 3. The van der Waals surface area contributed by atoms with Crippen molar-refractivity contribution in [3.8, 4) is 0 Å². The fraction of sp³-hybridized carbons (Fsp3) is 0.350. The minimum Gasteiger partial charge on any atom is -0.618 e. The largest absolute Gasteiger partial charge is 0.618 e. The minimum absolute atomic E-state index is 0.0663. The number of hydrogen-bond acceptors (Lipinski definition) is 5. The summed E-state index contributed by atoms with van der Waals surface area (Å²) in [6.07, 6.45) is -3.19. The van der Waals surface area contributed by atoms with E-state index in [0.717, 1.165) is 17.8 Å². The highest BCUT2D eigenvalue weighted by atomic mass is 32.2. The third kappa shape index (κ3) is 6.34. The number of halogens is 3. The molecule has 1 aromatic heterocycles. The van der Waals surface area contributed by atoms with Crippen LogP contribution in [0.15, 0.2) is 53.7 Å². The molecule has 0 radical (unpaired) electrons. The van der Waals surface area contributed by atoms with E-state index in [1.807, 2.05) is 0 Å². The molecular weight excluding hydrogens is 433 g/mol. The van der Waals surface area contributed by atoms with E-state index in [9.17, 15) is 28.0 Å². The monoisotopic (exact) mass is 454 g/mol. The molecule has 1 saturated heterocycles. The van der Waals surface area contributed by atoms with E-state index in [2.05, 4.69) is 5.32 Å². The number of carbonyl (C=O) groups excluding carboxylic acids is 2. The Kier molecular flexibility index (Phi) is 7.39. The maximum absolute atomic E-state index is 13.0. The number of aromatic nitrogens is 1. The fourth-order valence-corrected chi connectivity index (χ4v) is 3.96. The average Bonchev–Trinajstić information content (AvgIpc) is 2.73. The molecule has 0 spiro atoms. The first kappa shape index (κ1) is 22.9. The second-order valence-corrected chi connectivity index (χ2v) is 7.90. The zero-order valence-electron chi connectivity index (χ0n) is 16.5. The Morgan fingerprint density at radius 3 is 2.42 bits per heavy atom. The molecule has 1 aliphatic rings. The number of pyridine rings is 1. The number of thioether (sulfide) groups is 1. The Hall–Kier alpha value is -2.79. The van der Waals surface area contributed by atoms with Crippen LogP contribution in [0.3, 0.4) is 0 Å². The molecule has 0 unspecified atom stereocenters. The number of alkyl halides is 3. The molecule has 0 aliphatic carbocycles. The molecule has 1 aliphatic heterocycles. The van der Waals surface area contributed by atoms with Gasteiger partial charge in [0.25, 0.3) is 5.03 Å². The summed E-state index contributed by atoms with van der Waals surface area (Å²) in [5, 5.41) is 14.4. The van der Waals surface area contributed by atoms with Gasteiger partial charge in [-0.15, -0.1) is 0 Å². The van der Waals surface area contributed by atoms with Gasteiger partial charge in [-0.3, -0.25) is 14.5 Å². The van der Waals surface area contributed by atoms with Gasteiger partial charge in [-0.05, 0) is 30.0 Å². The second-order valence-electron chi connectivity index (χ2n) is 6.90. The van der Waals surface area contributed by atoms with Crippen molar-refractivity contribution in [1.29, 1.82) is 0 Å². The number of carbonyl (C=O) groups is 2. The number of anilines is 1. The lowest BCUT2D eigenvalue weighted by molar-refractivity contribution is -0.645. The van der Waals surface area contributed by atoms with Crippen LogP contribution in [0.2, 0.25) is 0 Å². The van der Waals surface area contributed by atoms with Gasteiger partial charge in [0, 0.05) is 38.3 Å². The zero-order chi connectivity index (χ0) is 22.4. The molecule has 1 N–H and O–H groups in total. The molecule has 2 amide bonds. The molecule has 1 fully saturated rings. The minimum atomic E-state index is -4.56. The van der Waals surface area contributed by atoms with Gasteiger partial charge < -0.3 is 15.4 Å². The first-order valence-corrected chi connectivity index (χ1v) is 10.5. The van der Waals surface area contributed by atoms with Gasteiger partial charge in [-0.1, -0.05) is 12.1 Å². The smallest absolute Gasteiger partial charge is 0.418 e. The number of piperazine rings is 1. The van der Waals surface area contributed by atoms with Gasteiger partial charge in [0.1, 0.15) is 0 Å². The summed E-state index contributed by atoms with van der Waals surface area (Å²) in [6.45, 7) is 1.59. The van der Waals surface area contributed by atoms with Gasteiger partial charge in [-0.25, -0.2) is 0 Å². The van der Waals surface area contributed by atoms with E-state index in [4.69, 9.17) is 0 Å². The van der Waals surface area contributed by atoms with Gasteiger partial charge in [0.15, 0.2) is 6.20 Å². The van der Waals surface area contributed by atoms with Crippen LogP contribution in [0.4, 0.5) is 18.9 Å². The van der Waals surface area contributed by atoms with E-state index in [0.29, 0.717) is 35.9 Å². The predicted octanol–water partition coefficient (Wildman–Crippen LogP) is 2.21. The number of benzene rings is 1. The molecule has 7 nitrogen and oxygen atoms in total. The lowest BCUT2D eigenvalue weighted by Crippen LogP contribution is -2.51. The van der Waals surface area contributed by atoms with Crippen LogP contribution in [-0.4, -0.2) is 60.1 Å². The maximum atomic E-state index is 13.0. The molecule has 3 rings (SSSR count). The van der Waals surface area contributed by atoms with Crippen LogP contribution < -0.4 is 10.0 Å². The van der Waals surface area contributed by atoms with Crippen LogP contribution in [0.25, 0.3) is 0 Å². The quantitative estimate of drug-likeness (QED) is 0.411. The Bertz CT molecular complexity index is 934. The summed E-state index contributed by atoms with van der Waals surface area (Å²) in [6, 6.07) is 9.79. The molecule has 0 atom stereocenters. The summed E-state index contributed by atoms with van der Waals surface area (Å²) in [5.74, 6) is -0.533. The third-order valence-corrected chi connectivity index (χ3v) is 5.73. The number of nitrogens with one attached hydrogen (secondary N) is 1. The van der Waals surface area contributed by atoms with Crippen molar-refractivity contribution in [2.24, 2.45) is 0 Å². The molecule has 0 saturated carbocycles. The standard InChI is InChI=1S/C20H21F3N4O3S/c21-20(22,23)15-5-1-2-6-16(15)24-17(28)13-25-9-11-26(12-10-25)18(29)14-31-19-7-3-4-8-27(19)30/h1-8H,9-14H2,(H,24,28). The second kappa shape index (κ2) is 10.0. The van der Waals surface area contributed by atoms with Crippen molar-refractivity contribution in [2.45, 2.75) is 11.2 Å². The molecular formula is C20H21F3N4O3S. The van der Waals surface area contributed by atoms with Gasteiger partial charge in [0.2, 0.25) is 11.8 Å². The van der Waals surface area contributed by atoms with Crippen LogP contribution in [0.5, 0.6) is 0 Å². The van der Waals surface area contributed by atoms with Gasteiger partial charge in [0.05, 0.1) is 23.5 Å². The predicted molar refractivity (Wildman–Crippen MR) is 109 cm³/mol. The highest BCUT2D eigenvalue weighted by Crippen LogP contribution is 2.34. The van der Waals surface area contributed by atoms with Crippen molar-refractivity contribution >= 4 is 29.3 Å². The molecule has 0 bridgehead atoms. The Morgan fingerprint density at radius 1 is 1.06 bits per heavy atom. The number of hydrogen-bond donors (Lipinski definition) is 1. The zero-order valence-corrected chi connectivity index (χ0v) is 17.3. The molecule has 31 heavy (non-hydrogen) atoms. The number of amides is 2. The maximum Gasteiger partial charge on any atom is 0.418 e. The third-order valence-electron chi connectivity index (χ3n) is 4.73. The summed E-state index contributed by atoms with van der Waals surface area (Å²) < 4.78 is 39.8. The molecule has 11 heteroatoms. The Morgan fingerprint density at radius 2 is 1.74 bits per heavy atom. The van der Waals surface area contributed by atoms with E-state index >= 15 is 0 Å². The highest BCUT2D eigenvalue weighted by molar-refractivity contribution is 7.99. The van der Waals surface area contributed by atoms with E-state index in [1.165, 1.54) is 24.4 Å². The normalized spacial score (nSPS) is 15.0. The Labute approximate surface area is 181 Å². The lowest BCUT2D eigenvalue weighted by Gasteiger charge is -2.34. The van der Waals surface area contributed by atoms with Crippen molar-refractivity contribution in [1.82, 2.24) is 9.80 Å². The van der Waals surface area contributed by atoms with Gasteiger partial charge >= 0.3 is 6.18 Å². The van der Waals surface area contributed by atoms with Crippen LogP contribution in [0.1, 0.15) is 5.56 Å². The summed E-state index contributed by atoms with van der Waals surface area (Å²) >= 11 is 1.15. The number of para-hydroxylation sites is 1. The topological polar surface area (TPSA) is 79.6 Å². The van der Waals surface area contributed by atoms with E-state index in [-0.39, 0.29) is 23.9 Å². The summed E-state index contributed by atoms with van der Waals surface area (Å²) in [4.78, 5) is 28.0. The van der Waals surface area contributed by atoms with Crippen molar-refractivity contribution < 1.29 is 27.5 Å². The molecule has 166 valence electrons. The van der Waals surface area contributed by atoms with Crippen molar-refractivity contribution in [2.75, 3.05) is 43.8 Å². The summed E-state index contributed by atoms with van der Waals surface area (Å²) in [7, 11) is 0. The fourth-order valence-electron chi connectivity index (χ4n) is 3.14.